The maximum Gasteiger partial charge on any atom is 0.264 e. The average molecular weight is 671 g/mol. The summed E-state index contributed by atoms with van der Waals surface area (Å²) in [6.45, 7) is 4.56. The molecule has 6 N–H and O–H groups in total. The highest BCUT2D eigenvalue weighted by Gasteiger charge is 2.52. The van der Waals surface area contributed by atoms with E-state index in [4.69, 9.17) is 0 Å². The number of fused-ring (bicyclic) bond motifs is 2. The number of aliphatic hydroxyl groups excluding tert-OH is 3. The van der Waals surface area contributed by atoms with Gasteiger partial charge in [0.15, 0.2) is 5.60 Å². The van der Waals surface area contributed by atoms with E-state index >= 15 is 0 Å². The Hall–Kier alpha value is -4.88. The molecule has 2 heterocycles. The smallest absolute Gasteiger partial charge is 0.264 e. The maximum atomic E-state index is 14.2. The van der Waals surface area contributed by atoms with Crippen molar-refractivity contribution in [3.05, 3.63) is 101 Å². The quantitative estimate of drug-likeness (QED) is 0.169. The number of anilines is 3. The molecule has 0 spiro atoms. The van der Waals surface area contributed by atoms with Crippen molar-refractivity contribution < 1.29 is 39.6 Å². The molecule has 0 saturated carbocycles. The van der Waals surface area contributed by atoms with Crippen LogP contribution in [0, 0.1) is 5.92 Å². The summed E-state index contributed by atoms with van der Waals surface area (Å²) >= 11 is 0. The van der Waals surface area contributed by atoms with E-state index in [0.29, 0.717) is 29.9 Å². The molecule has 0 aromatic heterocycles. The Morgan fingerprint density at radius 1 is 0.918 bits per heavy atom. The zero-order chi connectivity index (χ0) is 35.5. The van der Waals surface area contributed by atoms with Crippen LogP contribution in [-0.4, -0.2) is 73.8 Å². The number of nitrogens with zero attached hydrogens (tertiary/aromatic N) is 2. The molecule has 0 aliphatic carbocycles. The van der Waals surface area contributed by atoms with Crippen molar-refractivity contribution in [3.8, 4) is 0 Å². The van der Waals surface area contributed by atoms with Crippen LogP contribution >= 0.6 is 0 Å². The first-order valence-corrected chi connectivity index (χ1v) is 16.2. The number of rotatable bonds is 11. The SMILES string of the molecule is C[C@H](O)C(=O)Nc1cccc(CN2C(=O)[C@@](O)([C@@H](C)/C=C/CC(=O)N3Cc4ccccc4C[C@H]3CO)c3cc(NC(=O)[C@H](C)O)ccc32)c1. The van der Waals surface area contributed by atoms with Gasteiger partial charge in [0.1, 0.15) is 12.2 Å². The summed E-state index contributed by atoms with van der Waals surface area (Å²) < 4.78 is 0. The lowest BCUT2D eigenvalue weighted by Gasteiger charge is -2.36. The summed E-state index contributed by atoms with van der Waals surface area (Å²) in [5.41, 5.74) is 1.99. The minimum Gasteiger partial charge on any atom is -0.394 e. The molecule has 0 bridgehead atoms. The van der Waals surface area contributed by atoms with Gasteiger partial charge < -0.3 is 40.9 Å². The van der Waals surface area contributed by atoms with Crippen LogP contribution in [0.5, 0.6) is 0 Å². The van der Waals surface area contributed by atoms with Crippen molar-refractivity contribution in [1.29, 1.82) is 0 Å². The Morgan fingerprint density at radius 3 is 2.22 bits per heavy atom. The van der Waals surface area contributed by atoms with Crippen molar-refractivity contribution in [2.45, 2.75) is 70.6 Å². The standard InChI is InChI=1S/C37H42N4O8/c1-22(8-6-13-33(45)40-20-27-11-5-4-10-26(27)17-30(40)21-42)37(49)31-18-29(39-35(47)24(3)44)14-15-32(31)41(36(37)48)19-25-9-7-12-28(16-25)38-34(46)23(2)43/h4-12,14-16,18,22-24,30,42-44,49H,13,17,19-21H2,1-3H3,(H,38,46)(H,39,47)/b8-6+/t22-,23-,24-,30-,37+/m0/s1. The Bertz CT molecular complexity index is 1770. The molecule has 12 heteroatoms. The first-order valence-electron chi connectivity index (χ1n) is 16.2. The van der Waals surface area contributed by atoms with Gasteiger partial charge in [0.25, 0.3) is 17.7 Å². The van der Waals surface area contributed by atoms with Crippen LogP contribution in [-0.2, 0) is 44.3 Å². The van der Waals surface area contributed by atoms with Crippen LogP contribution in [0.1, 0.15) is 49.4 Å². The minimum absolute atomic E-state index is 0.0146. The van der Waals surface area contributed by atoms with E-state index in [-0.39, 0.29) is 42.8 Å². The molecule has 5 rings (SSSR count). The van der Waals surface area contributed by atoms with Gasteiger partial charge in [0, 0.05) is 35.8 Å². The van der Waals surface area contributed by atoms with Crippen LogP contribution in [0.4, 0.5) is 17.1 Å². The van der Waals surface area contributed by atoms with Gasteiger partial charge in [0.2, 0.25) is 5.91 Å². The molecule has 2 aliphatic heterocycles. The van der Waals surface area contributed by atoms with Gasteiger partial charge in [-0.05, 0) is 67.3 Å². The number of carbonyl (C=O) groups is 4. The molecular weight excluding hydrogens is 628 g/mol. The average Bonchev–Trinajstić information content (AvgIpc) is 3.29. The molecule has 2 aliphatic rings. The summed E-state index contributed by atoms with van der Waals surface area (Å²) in [7, 11) is 0. The lowest BCUT2D eigenvalue weighted by molar-refractivity contribution is -0.139. The summed E-state index contributed by atoms with van der Waals surface area (Å²) in [5, 5.41) is 46.7. The van der Waals surface area contributed by atoms with Crippen molar-refractivity contribution in [2.75, 3.05) is 22.1 Å². The highest BCUT2D eigenvalue weighted by molar-refractivity contribution is 6.08. The molecule has 3 aromatic carbocycles. The third-order valence-electron chi connectivity index (χ3n) is 9.09. The summed E-state index contributed by atoms with van der Waals surface area (Å²) in [6.07, 6.45) is 1.25. The van der Waals surface area contributed by atoms with Gasteiger partial charge in [-0.2, -0.15) is 0 Å². The third-order valence-corrected chi connectivity index (χ3v) is 9.09. The van der Waals surface area contributed by atoms with Crippen LogP contribution in [0.3, 0.4) is 0 Å². The fourth-order valence-corrected chi connectivity index (χ4v) is 6.28. The normalized spacial score (nSPS) is 20.4. The number of carbonyl (C=O) groups excluding carboxylic acids is 4. The minimum atomic E-state index is -2.09. The van der Waals surface area contributed by atoms with Crippen molar-refractivity contribution in [2.24, 2.45) is 5.92 Å². The summed E-state index contributed by atoms with van der Waals surface area (Å²) in [4.78, 5) is 54.9. The lowest BCUT2D eigenvalue weighted by atomic mass is 9.82. The molecule has 4 amide bonds. The fraction of sp³-hybridized carbons (Fsp3) is 0.351. The molecule has 258 valence electrons. The van der Waals surface area contributed by atoms with Crippen LogP contribution < -0.4 is 15.5 Å². The van der Waals surface area contributed by atoms with E-state index in [9.17, 15) is 39.6 Å². The van der Waals surface area contributed by atoms with Gasteiger partial charge in [-0.1, -0.05) is 55.5 Å². The van der Waals surface area contributed by atoms with E-state index in [2.05, 4.69) is 10.6 Å². The highest BCUT2D eigenvalue weighted by Crippen LogP contribution is 2.47. The number of nitrogens with one attached hydrogen (secondary N) is 2. The number of benzene rings is 3. The van der Waals surface area contributed by atoms with E-state index in [1.165, 1.54) is 24.8 Å². The number of aliphatic hydroxyl groups is 4. The van der Waals surface area contributed by atoms with E-state index in [0.717, 1.165) is 11.1 Å². The van der Waals surface area contributed by atoms with Crippen molar-refractivity contribution >= 4 is 40.7 Å². The van der Waals surface area contributed by atoms with Crippen molar-refractivity contribution in [3.63, 3.8) is 0 Å². The highest BCUT2D eigenvalue weighted by atomic mass is 16.3. The molecule has 0 saturated heterocycles. The van der Waals surface area contributed by atoms with Gasteiger partial charge in [-0.3, -0.25) is 19.2 Å². The Morgan fingerprint density at radius 2 is 1.57 bits per heavy atom. The second-order valence-corrected chi connectivity index (χ2v) is 12.7. The fourth-order valence-electron chi connectivity index (χ4n) is 6.28. The van der Waals surface area contributed by atoms with Crippen LogP contribution in [0.25, 0.3) is 0 Å². The van der Waals surface area contributed by atoms with Gasteiger partial charge in [-0.25, -0.2) is 0 Å². The topological polar surface area (TPSA) is 180 Å². The first kappa shape index (κ1) is 35.4. The zero-order valence-electron chi connectivity index (χ0n) is 27.7. The van der Waals surface area contributed by atoms with Gasteiger partial charge >= 0.3 is 0 Å². The van der Waals surface area contributed by atoms with E-state index < -0.39 is 41.4 Å². The van der Waals surface area contributed by atoms with Gasteiger partial charge in [0.05, 0.1) is 24.9 Å². The summed E-state index contributed by atoms with van der Waals surface area (Å²) in [5.74, 6) is -2.90. The number of hydrogen-bond donors (Lipinski definition) is 6. The maximum absolute atomic E-state index is 14.2. The monoisotopic (exact) mass is 670 g/mol. The molecule has 12 nitrogen and oxygen atoms in total. The zero-order valence-corrected chi connectivity index (χ0v) is 27.7. The molecule has 0 radical (unpaired) electrons. The first-order chi connectivity index (χ1) is 23.3. The molecule has 49 heavy (non-hydrogen) atoms. The van der Waals surface area contributed by atoms with Crippen molar-refractivity contribution in [1.82, 2.24) is 4.90 Å². The van der Waals surface area contributed by atoms with Crippen LogP contribution in [0.2, 0.25) is 0 Å². The molecule has 0 unspecified atom stereocenters. The van der Waals surface area contributed by atoms with Gasteiger partial charge in [-0.15, -0.1) is 0 Å². The van der Waals surface area contributed by atoms with E-state index in [1.54, 1.807) is 60.4 Å². The second kappa shape index (κ2) is 14.7. The lowest BCUT2D eigenvalue weighted by Crippen LogP contribution is -2.46. The molecular formula is C37H42N4O8. The Labute approximate surface area is 284 Å². The predicted molar refractivity (Wildman–Crippen MR) is 183 cm³/mol. The summed E-state index contributed by atoms with van der Waals surface area (Å²) in [6, 6.07) is 18.9. The number of hydrogen-bond acceptors (Lipinski definition) is 8. The van der Waals surface area contributed by atoms with Crippen LogP contribution in [0.15, 0.2) is 78.9 Å². The van der Waals surface area contributed by atoms with E-state index in [1.807, 2.05) is 24.3 Å². The molecule has 5 atom stereocenters. The molecule has 0 fully saturated rings. The molecule has 3 aromatic rings. The Kier molecular flexibility index (Phi) is 10.6. The second-order valence-electron chi connectivity index (χ2n) is 12.7. The third kappa shape index (κ3) is 7.42. The predicted octanol–water partition coefficient (Wildman–Crippen LogP) is 2.59. The largest absolute Gasteiger partial charge is 0.394 e. The Balaban J connectivity index is 1.40. The number of amides is 4.